The molecule has 2 N–H and O–H groups in total. The van der Waals surface area contributed by atoms with Crippen LogP contribution >= 0.6 is 11.6 Å². The summed E-state index contributed by atoms with van der Waals surface area (Å²) in [6, 6.07) is 3.84. The third-order valence-corrected chi connectivity index (χ3v) is 3.63. The molecule has 6 heteroatoms. The first-order chi connectivity index (χ1) is 9.56. The maximum atomic E-state index is 11.9. The first-order valence-electron chi connectivity index (χ1n) is 6.51. The number of amides is 1. The average molecular weight is 299 g/mol. The number of carbonyl (C=O) groups excluding carboxylic acids is 1. The normalized spacial score (nSPS) is 14.0. The Hall–Kier alpha value is -1.46. The van der Waals surface area contributed by atoms with Crippen LogP contribution in [0.2, 0.25) is 5.02 Å². The van der Waals surface area contributed by atoms with Gasteiger partial charge < -0.3 is 20.1 Å². The molecular weight excluding hydrogens is 280 g/mol. The van der Waals surface area contributed by atoms with Crippen LogP contribution in [0.4, 0.5) is 0 Å². The molecule has 1 saturated carbocycles. The number of rotatable bonds is 6. The average Bonchev–Trinajstić information content (AvgIpc) is 3.28. The van der Waals surface area contributed by atoms with Crippen molar-refractivity contribution in [3.63, 3.8) is 0 Å². The van der Waals surface area contributed by atoms with Gasteiger partial charge in [-0.3, -0.25) is 4.79 Å². The predicted octanol–water partition coefficient (Wildman–Crippen LogP) is 1.81. The van der Waals surface area contributed by atoms with Crippen molar-refractivity contribution < 1.29 is 14.3 Å². The second kappa shape index (κ2) is 6.33. The second-order valence-corrected chi connectivity index (χ2v) is 5.24. The van der Waals surface area contributed by atoms with Crippen LogP contribution < -0.4 is 15.2 Å². The summed E-state index contributed by atoms with van der Waals surface area (Å²) in [5.41, 5.74) is 6.43. The molecule has 0 atom stereocenters. The number of ether oxygens (including phenoxy) is 2. The van der Waals surface area contributed by atoms with Crippen molar-refractivity contribution in [2.75, 3.05) is 20.8 Å². The van der Waals surface area contributed by atoms with Gasteiger partial charge in [0.2, 0.25) is 0 Å². The molecule has 1 aromatic rings. The summed E-state index contributed by atoms with van der Waals surface area (Å²) in [5.74, 6) is 0.803. The quantitative estimate of drug-likeness (QED) is 0.870. The van der Waals surface area contributed by atoms with Gasteiger partial charge in [-0.15, -0.1) is 0 Å². The topological polar surface area (TPSA) is 64.8 Å². The molecule has 1 fully saturated rings. The molecule has 1 amide bonds. The number of methoxy groups -OCH3 is 1. The molecule has 0 radical (unpaired) electrons. The minimum absolute atomic E-state index is 0.0505. The van der Waals surface area contributed by atoms with Gasteiger partial charge in [0.15, 0.2) is 18.1 Å². The van der Waals surface area contributed by atoms with Crippen LogP contribution in [-0.2, 0) is 11.3 Å². The van der Waals surface area contributed by atoms with Crippen LogP contribution in [0.5, 0.6) is 11.5 Å². The summed E-state index contributed by atoms with van der Waals surface area (Å²) < 4.78 is 10.8. The zero-order chi connectivity index (χ0) is 14.7. The van der Waals surface area contributed by atoms with E-state index >= 15 is 0 Å². The van der Waals surface area contributed by atoms with E-state index in [0.717, 1.165) is 18.4 Å². The smallest absolute Gasteiger partial charge is 0.260 e. The second-order valence-electron chi connectivity index (χ2n) is 4.84. The number of benzene rings is 1. The molecule has 0 saturated heterocycles. The molecule has 110 valence electrons. The summed E-state index contributed by atoms with van der Waals surface area (Å²) >= 11 is 6.14. The van der Waals surface area contributed by atoms with E-state index in [1.54, 1.807) is 24.1 Å². The van der Waals surface area contributed by atoms with Crippen molar-refractivity contribution in [3.8, 4) is 11.5 Å². The van der Waals surface area contributed by atoms with E-state index < -0.39 is 0 Å². The van der Waals surface area contributed by atoms with Gasteiger partial charge in [-0.05, 0) is 30.5 Å². The number of hydrogen-bond donors (Lipinski definition) is 1. The van der Waals surface area contributed by atoms with E-state index in [2.05, 4.69) is 0 Å². The number of likely N-dealkylation sites (N-methyl/N-ethyl adjacent to an activating group) is 1. The van der Waals surface area contributed by atoms with Crippen LogP contribution in [0, 0.1) is 0 Å². The third kappa shape index (κ3) is 3.35. The highest BCUT2D eigenvalue weighted by Gasteiger charge is 2.29. The Balaban J connectivity index is 2.06. The standard InChI is InChI=1S/C14H19ClN2O3/c1-17(10-3-4-10)13(18)8-20-14-11(15)5-9(7-16)6-12(14)19-2/h5-6,10H,3-4,7-8,16H2,1-2H3. The molecule has 0 bridgehead atoms. The highest BCUT2D eigenvalue weighted by molar-refractivity contribution is 6.32. The molecule has 1 aromatic carbocycles. The van der Waals surface area contributed by atoms with Crippen LogP contribution in [0.15, 0.2) is 12.1 Å². The molecule has 5 nitrogen and oxygen atoms in total. The molecule has 0 aromatic heterocycles. The van der Waals surface area contributed by atoms with Crippen molar-refractivity contribution in [2.24, 2.45) is 5.73 Å². The van der Waals surface area contributed by atoms with Crippen molar-refractivity contribution in [2.45, 2.75) is 25.4 Å². The molecule has 1 aliphatic rings. The largest absolute Gasteiger partial charge is 0.493 e. The summed E-state index contributed by atoms with van der Waals surface area (Å²) in [5, 5.41) is 0.395. The van der Waals surface area contributed by atoms with E-state index in [9.17, 15) is 4.79 Å². The van der Waals surface area contributed by atoms with E-state index in [0.29, 0.717) is 29.1 Å². The van der Waals surface area contributed by atoms with Gasteiger partial charge in [-0.1, -0.05) is 11.6 Å². The molecule has 0 unspecified atom stereocenters. The Kier molecular flexibility index (Phi) is 4.73. The summed E-state index contributed by atoms with van der Waals surface area (Å²) in [4.78, 5) is 13.6. The molecule has 0 spiro atoms. The van der Waals surface area contributed by atoms with Gasteiger partial charge >= 0.3 is 0 Å². The number of carbonyl (C=O) groups is 1. The number of hydrogen-bond acceptors (Lipinski definition) is 4. The molecule has 0 aliphatic heterocycles. The van der Waals surface area contributed by atoms with Gasteiger partial charge in [0.05, 0.1) is 12.1 Å². The monoisotopic (exact) mass is 298 g/mol. The Labute approximate surface area is 123 Å². The number of halogens is 1. The first-order valence-corrected chi connectivity index (χ1v) is 6.89. The fourth-order valence-corrected chi connectivity index (χ4v) is 2.22. The molecule has 1 aliphatic carbocycles. The Bertz CT molecular complexity index is 503. The highest BCUT2D eigenvalue weighted by Crippen LogP contribution is 2.36. The van der Waals surface area contributed by atoms with Crippen molar-refractivity contribution >= 4 is 17.5 Å². The highest BCUT2D eigenvalue weighted by atomic mass is 35.5. The lowest BCUT2D eigenvalue weighted by atomic mass is 10.2. The molecule has 0 heterocycles. The number of nitrogens with zero attached hydrogens (tertiary/aromatic N) is 1. The van der Waals surface area contributed by atoms with Crippen LogP contribution in [0.3, 0.4) is 0 Å². The maximum Gasteiger partial charge on any atom is 0.260 e. The van der Waals surface area contributed by atoms with E-state index in [1.165, 1.54) is 7.11 Å². The fraction of sp³-hybridized carbons (Fsp3) is 0.500. The van der Waals surface area contributed by atoms with Crippen molar-refractivity contribution in [1.29, 1.82) is 0 Å². The van der Waals surface area contributed by atoms with Gasteiger partial charge in [0.1, 0.15) is 0 Å². The maximum absolute atomic E-state index is 11.9. The minimum atomic E-state index is -0.0616. The lowest BCUT2D eigenvalue weighted by molar-refractivity contribution is -0.132. The summed E-state index contributed by atoms with van der Waals surface area (Å²) in [7, 11) is 3.32. The summed E-state index contributed by atoms with van der Waals surface area (Å²) in [6.45, 7) is 0.310. The molecular formula is C14H19ClN2O3. The van der Waals surface area contributed by atoms with Crippen molar-refractivity contribution in [3.05, 3.63) is 22.7 Å². The first kappa shape index (κ1) is 14.9. The van der Waals surface area contributed by atoms with Gasteiger partial charge in [-0.2, -0.15) is 0 Å². The lowest BCUT2D eigenvalue weighted by Crippen LogP contribution is -2.33. The number of nitrogens with two attached hydrogens (primary N) is 1. The van der Waals surface area contributed by atoms with E-state index in [1.807, 2.05) is 0 Å². The minimum Gasteiger partial charge on any atom is -0.493 e. The zero-order valence-electron chi connectivity index (χ0n) is 11.7. The van der Waals surface area contributed by atoms with Crippen molar-refractivity contribution in [1.82, 2.24) is 4.90 Å². The SMILES string of the molecule is COc1cc(CN)cc(Cl)c1OCC(=O)N(C)C1CC1. The molecule has 2 rings (SSSR count). The van der Waals surface area contributed by atoms with Crippen LogP contribution in [0.25, 0.3) is 0 Å². The summed E-state index contributed by atoms with van der Waals surface area (Å²) in [6.07, 6.45) is 2.13. The third-order valence-electron chi connectivity index (χ3n) is 3.35. The van der Waals surface area contributed by atoms with Gasteiger partial charge in [-0.25, -0.2) is 0 Å². The van der Waals surface area contributed by atoms with Crippen LogP contribution in [0.1, 0.15) is 18.4 Å². The molecule has 20 heavy (non-hydrogen) atoms. The van der Waals surface area contributed by atoms with E-state index in [4.69, 9.17) is 26.8 Å². The Morgan fingerprint density at radius 3 is 2.75 bits per heavy atom. The Morgan fingerprint density at radius 2 is 2.20 bits per heavy atom. The predicted molar refractivity (Wildman–Crippen MR) is 77.2 cm³/mol. The fourth-order valence-electron chi connectivity index (χ4n) is 1.93. The Morgan fingerprint density at radius 1 is 1.50 bits per heavy atom. The zero-order valence-corrected chi connectivity index (χ0v) is 12.4. The van der Waals surface area contributed by atoms with Gasteiger partial charge in [0.25, 0.3) is 5.91 Å². The van der Waals surface area contributed by atoms with Gasteiger partial charge in [0, 0.05) is 19.6 Å². The van der Waals surface area contributed by atoms with Crippen LogP contribution in [-0.4, -0.2) is 37.6 Å². The van der Waals surface area contributed by atoms with E-state index in [-0.39, 0.29) is 12.5 Å². The lowest BCUT2D eigenvalue weighted by Gasteiger charge is -2.18.